The third-order valence-corrected chi connectivity index (χ3v) is 8.09. The van der Waals surface area contributed by atoms with Gasteiger partial charge in [0.25, 0.3) is 0 Å². The summed E-state index contributed by atoms with van der Waals surface area (Å²) in [4.78, 5) is 27.3. The number of rotatable bonds is 10. The van der Waals surface area contributed by atoms with Gasteiger partial charge in [0.2, 0.25) is 5.88 Å². The van der Waals surface area contributed by atoms with Gasteiger partial charge < -0.3 is 19.8 Å². The van der Waals surface area contributed by atoms with Gasteiger partial charge in [0, 0.05) is 67.4 Å². The average molecular weight is 601 g/mol. The molecule has 2 saturated heterocycles. The van der Waals surface area contributed by atoms with Gasteiger partial charge in [0.05, 0.1) is 18.5 Å². The number of aliphatic carboxylic acids is 1. The molecule has 0 unspecified atom stereocenters. The number of aliphatic hydroxyl groups excluding tert-OH is 1. The Labute approximate surface area is 250 Å². The number of piperidine rings is 1. The number of halogens is 2. The predicted molar refractivity (Wildman–Crippen MR) is 160 cm³/mol. The first-order valence-corrected chi connectivity index (χ1v) is 14.7. The maximum Gasteiger partial charge on any atom is 0.303 e. The first-order chi connectivity index (χ1) is 19.8. The van der Waals surface area contributed by atoms with E-state index in [-0.39, 0.29) is 18.9 Å². The fraction of sp³-hybridized carbons (Fsp3) is 0.433. The van der Waals surface area contributed by atoms with Gasteiger partial charge in [-0.3, -0.25) is 14.6 Å². The fourth-order valence-corrected chi connectivity index (χ4v) is 6.01. The SMILES string of the molecule is O=C(O)CC1CCN(Cc2cc(Oc3ccc(N4CCN(CCO)CC4)nc3)nc(-c3cc(Cl)cc(Cl)c3)c2)CC1. The van der Waals surface area contributed by atoms with Crippen LogP contribution in [0.25, 0.3) is 11.3 Å². The van der Waals surface area contributed by atoms with Gasteiger partial charge in [-0.05, 0) is 73.8 Å². The van der Waals surface area contributed by atoms with Crippen LogP contribution < -0.4 is 9.64 Å². The molecule has 11 heteroatoms. The van der Waals surface area contributed by atoms with Gasteiger partial charge >= 0.3 is 5.97 Å². The first kappa shape index (κ1) is 29.5. The van der Waals surface area contributed by atoms with E-state index in [2.05, 4.69) is 19.7 Å². The molecule has 0 radical (unpaired) electrons. The Hall–Kier alpha value is -2.95. The Bertz CT molecular complexity index is 1310. The zero-order valence-corrected chi connectivity index (χ0v) is 24.4. The average Bonchev–Trinajstić information content (AvgIpc) is 2.94. The molecule has 2 aromatic heterocycles. The summed E-state index contributed by atoms with van der Waals surface area (Å²) in [5, 5.41) is 19.4. The number of benzene rings is 1. The second-order valence-corrected chi connectivity index (χ2v) is 11.6. The minimum atomic E-state index is -0.729. The van der Waals surface area contributed by atoms with E-state index < -0.39 is 5.97 Å². The lowest BCUT2D eigenvalue weighted by molar-refractivity contribution is -0.138. The van der Waals surface area contributed by atoms with Crippen LogP contribution in [0.3, 0.4) is 0 Å². The molecule has 0 atom stereocenters. The summed E-state index contributed by atoms with van der Waals surface area (Å²) in [5.74, 6) is 1.42. The number of piperazine rings is 1. The Balaban J connectivity index is 1.31. The lowest BCUT2D eigenvalue weighted by Gasteiger charge is -2.35. The third kappa shape index (κ3) is 8.30. The van der Waals surface area contributed by atoms with E-state index in [1.807, 2.05) is 36.4 Å². The zero-order chi connectivity index (χ0) is 28.8. The minimum Gasteiger partial charge on any atom is -0.481 e. The van der Waals surface area contributed by atoms with Gasteiger partial charge in [0.15, 0.2) is 0 Å². The van der Waals surface area contributed by atoms with Gasteiger partial charge in [-0.25, -0.2) is 9.97 Å². The van der Waals surface area contributed by atoms with E-state index in [0.717, 1.165) is 69.1 Å². The third-order valence-electron chi connectivity index (χ3n) is 7.65. The zero-order valence-electron chi connectivity index (χ0n) is 22.9. The molecule has 0 spiro atoms. The lowest BCUT2D eigenvalue weighted by atomic mass is 9.93. The van der Waals surface area contributed by atoms with E-state index in [9.17, 15) is 9.90 Å². The number of hydrogen-bond acceptors (Lipinski definition) is 8. The van der Waals surface area contributed by atoms with Gasteiger partial charge in [-0.2, -0.15) is 0 Å². The molecule has 41 heavy (non-hydrogen) atoms. The number of nitrogens with zero attached hydrogens (tertiary/aromatic N) is 5. The van der Waals surface area contributed by atoms with Crippen LogP contribution in [0, 0.1) is 5.92 Å². The maximum atomic E-state index is 11.1. The molecular formula is C30H35Cl2N5O4. The van der Waals surface area contributed by atoms with E-state index in [1.54, 1.807) is 12.3 Å². The number of aliphatic hydroxyl groups is 1. The second kappa shape index (κ2) is 13.8. The predicted octanol–water partition coefficient (Wildman–Crippen LogP) is 5.04. The Morgan fingerprint density at radius 3 is 2.32 bits per heavy atom. The number of aromatic nitrogens is 2. The first-order valence-electron chi connectivity index (χ1n) is 14.0. The molecule has 5 rings (SSSR count). The van der Waals surface area contributed by atoms with Crippen molar-refractivity contribution >= 4 is 35.0 Å². The summed E-state index contributed by atoms with van der Waals surface area (Å²) in [6, 6.07) is 13.2. The number of hydrogen-bond donors (Lipinski definition) is 2. The highest BCUT2D eigenvalue weighted by Gasteiger charge is 2.22. The van der Waals surface area contributed by atoms with Crippen molar-refractivity contribution in [3.8, 4) is 22.9 Å². The number of pyridine rings is 2. The molecule has 0 amide bonds. The molecule has 2 N–H and O–H groups in total. The standard InChI is InChI=1S/C30H35Cl2N5O4/c31-24-16-23(17-25(32)18-24)27-13-22(20-36-5-3-21(4-6-36)15-30(39)40)14-29(34-27)41-26-1-2-28(33-19-26)37-9-7-35(8-10-37)11-12-38/h1-2,13-14,16-19,21,38H,3-12,15,20H2,(H,39,40). The van der Waals surface area contributed by atoms with E-state index in [0.29, 0.717) is 40.5 Å². The molecule has 2 fully saturated rings. The molecule has 9 nitrogen and oxygen atoms in total. The highest BCUT2D eigenvalue weighted by atomic mass is 35.5. The summed E-state index contributed by atoms with van der Waals surface area (Å²) in [5.41, 5.74) is 2.53. The molecule has 218 valence electrons. The molecule has 3 aromatic rings. The van der Waals surface area contributed by atoms with Crippen LogP contribution in [0.2, 0.25) is 10.0 Å². The quantitative estimate of drug-likeness (QED) is 0.331. The van der Waals surface area contributed by atoms with Gasteiger partial charge in [-0.1, -0.05) is 23.2 Å². The Morgan fingerprint density at radius 1 is 0.951 bits per heavy atom. The van der Waals surface area contributed by atoms with Crippen molar-refractivity contribution in [2.24, 2.45) is 5.92 Å². The lowest BCUT2D eigenvalue weighted by Crippen LogP contribution is -2.47. The fourth-order valence-electron chi connectivity index (χ4n) is 5.49. The van der Waals surface area contributed by atoms with Crippen LogP contribution in [0.15, 0.2) is 48.7 Å². The summed E-state index contributed by atoms with van der Waals surface area (Å²) >= 11 is 12.6. The second-order valence-electron chi connectivity index (χ2n) is 10.7. The summed E-state index contributed by atoms with van der Waals surface area (Å²) in [6.45, 7) is 6.76. The van der Waals surface area contributed by atoms with Crippen molar-refractivity contribution in [2.45, 2.75) is 25.8 Å². The number of carboxylic acids is 1. The van der Waals surface area contributed by atoms with Crippen molar-refractivity contribution in [3.05, 3.63) is 64.3 Å². The monoisotopic (exact) mass is 599 g/mol. The number of likely N-dealkylation sites (tertiary alicyclic amines) is 1. The van der Waals surface area contributed by atoms with Crippen molar-refractivity contribution in [1.82, 2.24) is 19.8 Å². The highest BCUT2D eigenvalue weighted by molar-refractivity contribution is 6.35. The number of carbonyl (C=O) groups is 1. The van der Waals surface area contributed by atoms with Crippen molar-refractivity contribution in [2.75, 3.05) is 57.3 Å². The highest BCUT2D eigenvalue weighted by Crippen LogP contribution is 2.31. The number of ether oxygens (including phenoxy) is 1. The van der Waals surface area contributed by atoms with Crippen molar-refractivity contribution in [3.63, 3.8) is 0 Å². The Morgan fingerprint density at radius 2 is 1.68 bits per heavy atom. The van der Waals surface area contributed by atoms with Crippen LogP contribution in [0.4, 0.5) is 5.82 Å². The van der Waals surface area contributed by atoms with Crippen LogP contribution in [-0.4, -0.2) is 88.4 Å². The van der Waals surface area contributed by atoms with Crippen molar-refractivity contribution < 1.29 is 19.7 Å². The van der Waals surface area contributed by atoms with E-state index in [4.69, 9.17) is 38.0 Å². The topological polar surface area (TPSA) is 102 Å². The molecule has 1 aromatic carbocycles. The smallest absolute Gasteiger partial charge is 0.303 e. The molecule has 0 saturated carbocycles. The van der Waals surface area contributed by atoms with E-state index in [1.165, 1.54) is 0 Å². The Kier molecular flexibility index (Phi) is 9.95. The van der Waals surface area contributed by atoms with Gasteiger partial charge in [0.1, 0.15) is 11.6 Å². The molecule has 0 aliphatic carbocycles. The normalized spacial score (nSPS) is 17.1. The van der Waals surface area contributed by atoms with Crippen LogP contribution in [0.1, 0.15) is 24.8 Å². The number of carboxylic acid groups (broad SMARTS) is 1. The summed E-state index contributed by atoms with van der Waals surface area (Å²) < 4.78 is 6.21. The molecule has 4 heterocycles. The minimum absolute atomic E-state index is 0.177. The maximum absolute atomic E-state index is 11.1. The summed E-state index contributed by atoms with van der Waals surface area (Å²) in [7, 11) is 0. The number of β-amino-alcohol motifs (C(OH)–C–C–N with tert-alkyl or cyclic N) is 1. The largest absolute Gasteiger partial charge is 0.481 e. The van der Waals surface area contributed by atoms with Crippen LogP contribution in [0.5, 0.6) is 11.6 Å². The summed E-state index contributed by atoms with van der Waals surface area (Å²) in [6.07, 6.45) is 3.68. The molecule has 2 aliphatic heterocycles. The van der Waals surface area contributed by atoms with Crippen molar-refractivity contribution in [1.29, 1.82) is 0 Å². The number of anilines is 1. The van der Waals surface area contributed by atoms with Crippen LogP contribution in [-0.2, 0) is 11.3 Å². The van der Waals surface area contributed by atoms with Crippen LogP contribution >= 0.6 is 23.2 Å². The molecular weight excluding hydrogens is 565 g/mol. The molecule has 2 aliphatic rings. The van der Waals surface area contributed by atoms with Gasteiger partial charge in [-0.15, -0.1) is 0 Å². The van der Waals surface area contributed by atoms with E-state index >= 15 is 0 Å². The molecule has 0 bridgehead atoms.